The monoisotopic (exact) mass is 611 g/mol. The summed E-state index contributed by atoms with van der Waals surface area (Å²) in [4.78, 5) is 8.56. The molecule has 2 heterocycles. The summed E-state index contributed by atoms with van der Waals surface area (Å²) in [6, 6.07) is 35.3. The van der Waals surface area contributed by atoms with Crippen molar-refractivity contribution < 1.29 is 28.3 Å². The fraction of sp³-hybridized carbons (Fsp3) is 0.0667. The van der Waals surface area contributed by atoms with Gasteiger partial charge in [0.1, 0.15) is 0 Å². The minimum atomic E-state index is -2.14. The average Bonchev–Trinajstić information content (AvgIpc) is 2.94. The van der Waals surface area contributed by atoms with E-state index in [1.165, 1.54) is 6.20 Å². The van der Waals surface area contributed by atoms with Gasteiger partial charge in [0.2, 0.25) is 0 Å². The van der Waals surface area contributed by atoms with Gasteiger partial charge in [-0.05, 0) is 47.3 Å². The molecule has 0 saturated carbocycles. The third-order valence-corrected chi connectivity index (χ3v) is 4.74. The maximum absolute atomic E-state index is 7.65. The van der Waals surface area contributed by atoms with Gasteiger partial charge in [0.05, 0.1) is 0 Å². The Labute approximate surface area is 218 Å². The van der Waals surface area contributed by atoms with E-state index in [4.69, 9.17) is 8.22 Å². The zero-order valence-electron chi connectivity index (χ0n) is 23.6. The summed E-state index contributed by atoms with van der Waals surface area (Å²) in [6.45, 7) is -4.23. The van der Waals surface area contributed by atoms with Gasteiger partial charge in [0.15, 0.2) is 0 Å². The number of pyridine rings is 2. The molecule has 1 radical (unpaired) electrons. The predicted octanol–water partition coefficient (Wildman–Crippen LogP) is 7.38. The molecular formula is C30H24IrN2-2. The van der Waals surface area contributed by atoms with Crippen molar-refractivity contribution in [1.82, 2.24) is 9.97 Å². The van der Waals surface area contributed by atoms with Gasteiger partial charge in [0.25, 0.3) is 0 Å². The molecule has 0 aliphatic heterocycles. The zero-order valence-corrected chi connectivity index (χ0v) is 20.0. The summed E-state index contributed by atoms with van der Waals surface area (Å²) in [5.74, 6) is 0. The quantitative estimate of drug-likeness (QED) is 0.199. The van der Waals surface area contributed by atoms with E-state index >= 15 is 0 Å². The van der Waals surface area contributed by atoms with Gasteiger partial charge in [-0.1, -0.05) is 48.5 Å². The minimum absolute atomic E-state index is 0. The Morgan fingerprint density at radius 2 is 1.27 bits per heavy atom. The smallest absolute Gasteiger partial charge is 0.0280 e. The summed E-state index contributed by atoms with van der Waals surface area (Å²) < 4.78 is 44.6. The number of hydrogen-bond acceptors (Lipinski definition) is 2. The van der Waals surface area contributed by atoms with Crippen molar-refractivity contribution in [1.29, 1.82) is 0 Å². The SMILES string of the molecule is [2H]C([2H])([2H])c1ccc(-c2[c-]cccc2)nc1.[2H]C([2H])([2H])c1ccccc1-c1ccc(-c2[c-]cccc2)nc1.[Ir]. The van der Waals surface area contributed by atoms with Crippen molar-refractivity contribution >= 4 is 0 Å². The van der Waals surface area contributed by atoms with E-state index in [1.807, 2.05) is 66.7 Å². The van der Waals surface area contributed by atoms with Crippen LogP contribution in [-0.4, -0.2) is 9.97 Å². The van der Waals surface area contributed by atoms with Crippen LogP contribution in [0.1, 0.15) is 19.4 Å². The molecule has 0 bridgehead atoms. The molecule has 165 valence electrons. The second-order valence-corrected chi connectivity index (χ2v) is 6.96. The molecule has 2 aromatic heterocycles. The molecule has 5 rings (SSSR count). The van der Waals surface area contributed by atoms with Crippen LogP contribution < -0.4 is 0 Å². The Morgan fingerprint density at radius 1 is 0.636 bits per heavy atom. The Balaban J connectivity index is 0.000000220. The number of aryl methyl sites for hydroxylation is 2. The Hall–Kier alpha value is -3.39. The average molecular weight is 611 g/mol. The van der Waals surface area contributed by atoms with E-state index in [0.29, 0.717) is 11.1 Å². The van der Waals surface area contributed by atoms with Gasteiger partial charge in [-0.25, -0.2) is 0 Å². The molecule has 0 amide bonds. The number of rotatable bonds is 3. The molecule has 5 aromatic rings. The van der Waals surface area contributed by atoms with Crippen LogP contribution in [0.5, 0.6) is 0 Å². The molecule has 0 saturated heterocycles. The van der Waals surface area contributed by atoms with Crippen LogP contribution in [0.15, 0.2) is 109 Å². The topological polar surface area (TPSA) is 25.8 Å². The number of hydrogen-bond donors (Lipinski definition) is 0. The summed E-state index contributed by atoms with van der Waals surface area (Å²) in [6.07, 6.45) is 3.10. The molecule has 0 spiro atoms. The van der Waals surface area contributed by atoms with Gasteiger partial charge in [-0.15, -0.1) is 71.8 Å². The van der Waals surface area contributed by atoms with Gasteiger partial charge in [-0.3, -0.25) is 0 Å². The molecule has 0 atom stereocenters. The number of nitrogens with zero attached hydrogens (tertiary/aromatic N) is 2. The van der Waals surface area contributed by atoms with Crippen LogP contribution in [-0.2, 0) is 20.1 Å². The first-order valence-electron chi connectivity index (χ1n) is 13.1. The van der Waals surface area contributed by atoms with E-state index in [2.05, 4.69) is 22.1 Å². The van der Waals surface area contributed by atoms with Crippen LogP contribution in [0, 0.1) is 25.8 Å². The molecule has 0 fully saturated rings. The molecule has 3 heteroatoms. The normalized spacial score (nSPS) is 13.3. The summed E-state index contributed by atoms with van der Waals surface area (Å²) >= 11 is 0. The molecule has 0 aliphatic carbocycles. The first-order chi connectivity index (χ1) is 18.1. The minimum Gasteiger partial charge on any atom is -0.304 e. The summed E-state index contributed by atoms with van der Waals surface area (Å²) in [5, 5.41) is 0. The van der Waals surface area contributed by atoms with Gasteiger partial charge in [0, 0.05) is 40.7 Å². The third kappa shape index (κ3) is 6.55. The molecule has 2 nitrogen and oxygen atoms in total. The first-order valence-corrected chi connectivity index (χ1v) is 10.1. The van der Waals surface area contributed by atoms with Crippen molar-refractivity contribution in [2.24, 2.45) is 0 Å². The maximum atomic E-state index is 7.65. The number of aromatic nitrogens is 2. The van der Waals surface area contributed by atoms with E-state index in [0.717, 1.165) is 28.1 Å². The van der Waals surface area contributed by atoms with Crippen LogP contribution in [0.3, 0.4) is 0 Å². The Kier molecular flexibility index (Phi) is 6.24. The molecule has 3 aromatic carbocycles. The molecule has 0 unspecified atom stereocenters. The van der Waals surface area contributed by atoms with Gasteiger partial charge < -0.3 is 9.97 Å². The van der Waals surface area contributed by atoms with E-state index in [9.17, 15) is 0 Å². The molecule has 0 N–H and O–H groups in total. The zero-order chi connectivity index (χ0) is 27.2. The van der Waals surface area contributed by atoms with E-state index in [1.54, 1.807) is 36.5 Å². The largest absolute Gasteiger partial charge is 0.304 e. The van der Waals surface area contributed by atoms with Crippen LogP contribution in [0.2, 0.25) is 0 Å². The fourth-order valence-electron chi connectivity index (χ4n) is 3.11. The van der Waals surface area contributed by atoms with Crippen molar-refractivity contribution in [3.63, 3.8) is 0 Å². The Bertz CT molecular complexity index is 1450. The third-order valence-electron chi connectivity index (χ3n) is 4.74. The van der Waals surface area contributed by atoms with E-state index in [-0.39, 0.29) is 25.7 Å². The van der Waals surface area contributed by atoms with Gasteiger partial charge in [-0.2, -0.15) is 0 Å². The fourth-order valence-corrected chi connectivity index (χ4v) is 3.11. The van der Waals surface area contributed by atoms with Crippen LogP contribution in [0.25, 0.3) is 33.6 Å². The second-order valence-electron chi connectivity index (χ2n) is 6.96. The molecule has 33 heavy (non-hydrogen) atoms. The first kappa shape index (κ1) is 17.1. The second kappa shape index (κ2) is 12.0. The Morgan fingerprint density at radius 3 is 1.79 bits per heavy atom. The standard InChI is InChI=1S/C18H14N.C12H10N.Ir/c1-14-7-5-6-10-17(14)16-11-12-18(19-13-16)15-8-3-2-4-9-15;1-10-7-8-12(13-9-10)11-5-3-2-4-6-11;/h2-8,10-13H,1H3;2-5,7-9H,1H3;/q2*-1;/i2*1D3;. The van der Waals surface area contributed by atoms with Crippen LogP contribution in [0.4, 0.5) is 0 Å². The predicted molar refractivity (Wildman–Crippen MR) is 132 cm³/mol. The van der Waals surface area contributed by atoms with Crippen molar-refractivity contribution in [2.75, 3.05) is 0 Å². The van der Waals surface area contributed by atoms with Crippen molar-refractivity contribution in [3.8, 4) is 33.6 Å². The van der Waals surface area contributed by atoms with E-state index < -0.39 is 13.7 Å². The summed E-state index contributed by atoms with van der Waals surface area (Å²) in [5.41, 5.74) is 5.41. The molecular weight excluding hydrogens is 581 g/mol. The summed E-state index contributed by atoms with van der Waals surface area (Å²) in [7, 11) is 0. The van der Waals surface area contributed by atoms with Crippen molar-refractivity contribution in [2.45, 2.75) is 13.7 Å². The molecule has 0 aliphatic rings. The van der Waals surface area contributed by atoms with Crippen molar-refractivity contribution in [3.05, 3.63) is 133 Å². The number of benzene rings is 3. The van der Waals surface area contributed by atoms with Crippen LogP contribution >= 0.6 is 0 Å². The maximum Gasteiger partial charge on any atom is 0.0280 e. The van der Waals surface area contributed by atoms with Gasteiger partial charge >= 0.3 is 0 Å².